The van der Waals surface area contributed by atoms with E-state index in [-0.39, 0.29) is 0 Å². The first-order chi connectivity index (χ1) is 9.76. The molecule has 0 aliphatic heterocycles. The molecule has 0 atom stereocenters. The summed E-state index contributed by atoms with van der Waals surface area (Å²) in [7, 11) is 1.63. The monoisotopic (exact) mass is 277 g/mol. The molecule has 0 fully saturated rings. The lowest BCUT2D eigenvalue weighted by atomic mass is 10.2. The second-order valence-electron chi connectivity index (χ2n) is 4.31. The van der Waals surface area contributed by atoms with Gasteiger partial charge in [-0.15, -0.1) is 0 Å². The number of rotatable bonds is 7. The van der Waals surface area contributed by atoms with Gasteiger partial charge in [0.25, 0.3) is 0 Å². The Balaban J connectivity index is 2.17. The second-order valence-corrected chi connectivity index (χ2v) is 4.31. The van der Waals surface area contributed by atoms with Crippen LogP contribution in [0.3, 0.4) is 0 Å². The van der Waals surface area contributed by atoms with Gasteiger partial charge in [-0.2, -0.15) is 0 Å². The number of nitrogens with zero attached hydrogens (tertiary/aromatic N) is 2. The fraction of sp³-hybridized carbons (Fsp3) is 0.429. The molecule has 0 amide bonds. The van der Waals surface area contributed by atoms with E-state index in [2.05, 4.69) is 27.2 Å². The van der Waals surface area contributed by atoms with Crippen molar-refractivity contribution in [1.29, 1.82) is 0 Å². The van der Waals surface area contributed by atoms with Gasteiger partial charge in [0.05, 0.1) is 7.11 Å². The maximum Gasteiger partial charge on any atom is 0.166 e. The number of aryl methyl sites for hydroxylation is 1. The third kappa shape index (κ3) is 3.27. The van der Waals surface area contributed by atoms with Crippen molar-refractivity contribution < 1.29 is 14.1 Å². The van der Waals surface area contributed by atoms with Crippen LogP contribution in [0.15, 0.2) is 22.8 Å². The van der Waals surface area contributed by atoms with E-state index in [9.17, 15) is 0 Å². The molecule has 1 N–H and O–H groups in total. The highest BCUT2D eigenvalue weighted by Crippen LogP contribution is 2.31. The smallest absolute Gasteiger partial charge is 0.166 e. The second kappa shape index (κ2) is 6.91. The van der Waals surface area contributed by atoms with E-state index in [1.165, 1.54) is 0 Å². The normalized spacial score (nSPS) is 10.6. The molecule has 6 nitrogen and oxygen atoms in total. The van der Waals surface area contributed by atoms with Crippen molar-refractivity contribution in [3.05, 3.63) is 35.2 Å². The number of nitrogens with one attached hydrogen (secondary N) is 1. The van der Waals surface area contributed by atoms with Gasteiger partial charge in [-0.25, -0.2) is 4.63 Å². The zero-order valence-corrected chi connectivity index (χ0v) is 12.0. The van der Waals surface area contributed by atoms with Gasteiger partial charge in [0.1, 0.15) is 18.0 Å². The molecule has 0 aliphatic carbocycles. The van der Waals surface area contributed by atoms with Gasteiger partial charge in [0, 0.05) is 12.1 Å². The molecule has 2 aromatic rings. The van der Waals surface area contributed by atoms with Crippen molar-refractivity contribution >= 4 is 0 Å². The maximum atomic E-state index is 5.85. The van der Waals surface area contributed by atoms with Crippen LogP contribution in [0.5, 0.6) is 11.5 Å². The predicted molar refractivity (Wildman–Crippen MR) is 73.7 cm³/mol. The summed E-state index contributed by atoms with van der Waals surface area (Å²) < 4.78 is 15.9. The standard InChI is InChI=1S/C14H19N3O3/c1-4-15-8-11-6-5-7-13(18-3)14(11)19-9-12-10(2)16-20-17-12/h5-7,15H,4,8-9H2,1-3H3. The molecule has 0 unspecified atom stereocenters. The average molecular weight is 277 g/mol. The molecule has 1 aromatic carbocycles. The number of benzene rings is 1. The van der Waals surface area contributed by atoms with E-state index in [1.807, 2.05) is 25.1 Å². The summed E-state index contributed by atoms with van der Waals surface area (Å²) in [5.41, 5.74) is 2.46. The summed E-state index contributed by atoms with van der Waals surface area (Å²) in [5, 5.41) is 10.8. The van der Waals surface area contributed by atoms with E-state index < -0.39 is 0 Å². The van der Waals surface area contributed by atoms with Crippen molar-refractivity contribution in [2.45, 2.75) is 27.0 Å². The Labute approximate surface area is 118 Å². The minimum atomic E-state index is 0.300. The summed E-state index contributed by atoms with van der Waals surface area (Å²) in [4.78, 5) is 0. The van der Waals surface area contributed by atoms with E-state index >= 15 is 0 Å². The number of hydrogen-bond acceptors (Lipinski definition) is 6. The average Bonchev–Trinajstić information content (AvgIpc) is 2.88. The molecule has 0 aliphatic rings. The Morgan fingerprint density at radius 2 is 2.15 bits per heavy atom. The van der Waals surface area contributed by atoms with Crippen LogP contribution in [0.4, 0.5) is 0 Å². The van der Waals surface area contributed by atoms with Crippen LogP contribution in [-0.2, 0) is 13.2 Å². The zero-order chi connectivity index (χ0) is 14.4. The Morgan fingerprint density at radius 3 is 2.80 bits per heavy atom. The Morgan fingerprint density at radius 1 is 1.30 bits per heavy atom. The summed E-state index contributed by atoms with van der Waals surface area (Å²) in [6.07, 6.45) is 0. The third-order valence-corrected chi connectivity index (χ3v) is 2.95. The Kier molecular flexibility index (Phi) is 4.95. The molecule has 20 heavy (non-hydrogen) atoms. The minimum Gasteiger partial charge on any atom is -0.493 e. The highest BCUT2D eigenvalue weighted by molar-refractivity contribution is 5.46. The lowest BCUT2D eigenvalue weighted by Gasteiger charge is -2.14. The van der Waals surface area contributed by atoms with E-state index in [0.29, 0.717) is 18.1 Å². The fourth-order valence-corrected chi connectivity index (χ4v) is 1.81. The molecule has 1 aromatic heterocycles. The minimum absolute atomic E-state index is 0.300. The zero-order valence-electron chi connectivity index (χ0n) is 12.0. The fourth-order valence-electron chi connectivity index (χ4n) is 1.81. The van der Waals surface area contributed by atoms with Gasteiger partial charge < -0.3 is 14.8 Å². The van der Waals surface area contributed by atoms with Crippen molar-refractivity contribution in [2.24, 2.45) is 0 Å². The largest absolute Gasteiger partial charge is 0.493 e. The summed E-state index contributed by atoms with van der Waals surface area (Å²) in [6, 6.07) is 5.83. The topological polar surface area (TPSA) is 69.4 Å². The van der Waals surface area contributed by atoms with Gasteiger partial charge >= 0.3 is 0 Å². The van der Waals surface area contributed by atoms with Crippen molar-refractivity contribution in [3.8, 4) is 11.5 Å². The lowest BCUT2D eigenvalue weighted by Crippen LogP contribution is -2.13. The molecule has 0 radical (unpaired) electrons. The SMILES string of the molecule is CCNCc1cccc(OC)c1OCc1nonc1C. The molecule has 0 bridgehead atoms. The van der Waals surface area contributed by atoms with Crippen LogP contribution >= 0.6 is 0 Å². The van der Waals surface area contributed by atoms with Crippen LogP contribution in [0.1, 0.15) is 23.9 Å². The lowest BCUT2D eigenvalue weighted by molar-refractivity contribution is 0.258. The quantitative estimate of drug-likeness (QED) is 0.835. The van der Waals surface area contributed by atoms with Gasteiger partial charge in [0.15, 0.2) is 11.5 Å². The molecule has 0 saturated carbocycles. The van der Waals surface area contributed by atoms with Crippen LogP contribution < -0.4 is 14.8 Å². The Hall–Kier alpha value is -2.08. The molecule has 6 heteroatoms. The first-order valence-corrected chi connectivity index (χ1v) is 6.53. The highest BCUT2D eigenvalue weighted by Gasteiger charge is 2.13. The third-order valence-electron chi connectivity index (χ3n) is 2.95. The van der Waals surface area contributed by atoms with E-state index in [0.717, 1.165) is 30.1 Å². The highest BCUT2D eigenvalue weighted by atomic mass is 16.6. The summed E-state index contributed by atoms with van der Waals surface area (Å²) in [6.45, 7) is 5.80. The molecule has 2 rings (SSSR count). The number of methoxy groups -OCH3 is 1. The first-order valence-electron chi connectivity index (χ1n) is 6.53. The van der Waals surface area contributed by atoms with Crippen molar-refractivity contribution in [2.75, 3.05) is 13.7 Å². The van der Waals surface area contributed by atoms with E-state index in [1.54, 1.807) is 7.11 Å². The first kappa shape index (κ1) is 14.3. The summed E-state index contributed by atoms with van der Waals surface area (Å²) in [5.74, 6) is 1.42. The molecule has 108 valence electrons. The van der Waals surface area contributed by atoms with Crippen LogP contribution in [0, 0.1) is 6.92 Å². The Bertz CT molecular complexity index is 554. The molecule has 1 heterocycles. The number of aromatic nitrogens is 2. The van der Waals surface area contributed by atoms with Crippen LogP contribution in [-0.4, -0.2) is 24.0 Å². The number of para-hydroxylation sites is 1. The molecule has 0 spiro atoms. The van der Waals surface area contributed by atoms with Crippen molar-refractivity contribution in [1.82, 2.24) is 15.6 Å². The van der Waals surface area contributed by atoms with Crippen LogP contribution in [0.2, 0.25) is 0 Å². The maximum absolute atomic E-state index is 5.85. The number of ether oxygens (including phenoxy) is 2. The predicted octanol–water partition coefficient (Wildman–Crippen LogP) is 2.08. The molecule has 0 saturated heterocycles. The van der Waals surface area contributed by atoms with Gasteiger partial charge in [-0.1, -0.05) is 29.4 Å². The molecular weight excluding hydrogens is 258 g/mol. The van der Waals surface area contributed by atoms with Crippen molar-refractivity contribution in [3.63, 3.8) is 0 Å². The van der Waals surface area contributed by atoms with Gasteiger partial charge in [-0.05, 0) is 19.5 Å². The van der Waals surface area contributed by atoms with Gasteiger partial charge in [-0.3, -0.25) is 0 Å². The summed E-state index contributed by atoms with van der Waals surface area (Å²) >= 11 is 0. The number of hydrogen-bond donors (Lipinski definition) is 1. The van der Waals surface area contributed by atoms with E-state index in [4.69, 9.17) is 9.47 Å². The van der Waals surface area contributed by atoms with Crippen LogP contribution in [0.25, 0.3) is 0 Å². The molecular formula is C14H19N3O3. The van der Waals surface area contributed by atoms with Gasteiger partial charge in [0.2, 0.25) is 0 Å².